The van der Waals surface area contributed by atoms with Crippen LogP contribution in [0.5, 0.6) is 0 Å². The summed E-state index contributed by atoms with van der Waals surface area (Å²) < 4.78 is 5.65. The molecule has 4 heterocycles. The van der Waals surface area contributed by atoms with Gasteiger partial charge in [-0.15, -0.1) is 0 Å². The van der Waals surface area contributed by atoms with Gasteiger partial charge in [0.05, 0.1) is 32.7 Å². The van der Waals surface area contributed by atoms with Gasteiger partial charge in [0.15, 0.2) is 0 Å². The van der Waals surface area contributed by atoms with Gasteiger partial charge < -0.3 is 5.73 Å². The first-order valence-corrected chi connectivity index (χ1v) is 9.31. The monoisotopic (exact) mass is 369 g/mol. The molecule has 0 aliphatic carbocycles. The maximum atomic E-state index is 6.11. The lowest BCUT2D eigenvalue weighted by molar-refractivity contribution is 1.26. The van der Waals surface area contributed by atoms with Crippen molar-refractivity contribution in [1.82, 2.24) is 19.3 Å². The Morgan fingerprint density at radius 2 is 1.85 bits per heavy atom. The minimum Gasteiger partial charge on any atom is -0.383 e. The van der Waals surface area contributed by atoms with Crippen LogP contribution in [0.25, 0.3) is 43.6 Å². The van der Waals surface area contributed by atoms with E-state index in [-0.39, 0.29) is 0 Å². The van der Waals surface area contributed by atoms with E-state index in [1.807, 2.05) is 24.3 Å². The second-order valence-corrected chi connectivity index (χ2v) is 7.18. The van der Waals surface area contributed by atoms with Gasteiger partial charge in [-0.25, -0.2) is 9.97 Å². The standard InChI is InChI=1S/C21H15N5S/c1-12-10-17(15-4-2-3-8-23-15)25-16-11-13(5-6-14(12)16)20-19-18(27-26-20)7-9-24-21(19)22/h2-11H,1H3,(H2,22,24). The van der Waals surface area contributed by atoms with Gasteiger partial charge in [0.2, 0.25) is 0 Å². The molecule has 0 atom stereocenters. The van der Waals surface area contributed by atoms with E-state index in [9.17, 15) is 0 Å². The summed E-state index contributed by atoms with van der Waals surface area (Å²) >= 11 is 1.43. The van der Waals surface area contributed by atoms with Crippen molar-refractivity contribution in [2.45, 2.75) is 6.92 Å². The van der Waals surface area contributed by atoms with E-state index in [0.29, 0.717) is 5.82 Å². The van der Waals surface area contributed by atoms with Crippen LogP contribution in [0.4, 0.5) is 5.82 Å². The molecular formula is C21H15N5S. The minimum absolute atomic E-state index is 0.503. The fourth-order valence-corrected chi connectivity index (χ4v) is 4.11. The number of hydrogen-bond acceptors (Lipinski definition) is 6. The molecule has 27 heavy (non-hydrogen) atoms. The van der Waals surface area contributed by atoms with E-state index in [0.717, 1.165) is 49.2 Å². The average molecular weight is 369 g/mol. The zero-order chi connectivity index (χ0) is 18.4. The summed E-state index contributed by atoms with van der Waals surface area (Å²) in [6, 6.07) is 16.1. The molecule has 0 saturated carbocycles. The number of hydrogen-bond donors (Lipinski definition) is 1. The Kier molecular flexibility index (Phi) is 3.58. The largest absolute Gasteiger partial charge is 0.383 e. The average Bonchev–Trinajstić information content (AvgIpc) is 3.14. The SMILES string of the molecule is Cc1cc(-c2ccccn2)nc2cc(-c3nsc4ccnc(N)c34)ccc12. The minimum atomic E-state index is 0.503. The Bertz CT molecular complexity index is 1290. The molecule has 0 aliphatic rings. The summed E-state index contributed by atoms with van der Waals surface area (Å²) in [5.41, 5.74) is 11.7. The van der Waals surface area contributed by atoms with Gasteiger partial charge in [-0.3, -0.25) is 4.98 Å². The first-order chi connectivity index (χ1) is 13.2. The molecule has 2 N–H and O–H groups in total. The Labute approximate surface area is 159 Å². The highest BCUT2D eigenvalue weighted by Crippen LogP contribution is 2.35. The molecule has 0 bridgehead atoms. The van der Waals surface area contributed by atoms with Crippen molar-refractivity contribution in [2.24, 2.45) is 0 Å². The Hall–Kier alpha value is -3.38. The van der Waals surface area contributed by atoms with Gasteiger partial charge >= 0.3 is 0 Å². The summed E-state index contributed by atoms with van der Waals surface area (Å²) in [7, 11) is 0. The van der Waals surface area contributed by atoms with Gasteiger partial charge in [0, 0.05) is 23.3 Å². The predicted octanol–water partition coefficient (Wildman–Crippen LogP) is 4.86. The lowest BCUT2D eigenvalue weighted by atomic mass is 10.0. The van der Waals surface area contributed by atoms with Crippen molar-refractivity contribution in [1.29, 1.82) is 0 Å². The summed E-state index contributed by atoms with van der Waals surface area (Å²) in [6.07, 6.45) is 3.49. The highest BCUT2D eigenvalue weighted by atomic mass is 32.1. The van der Waals surface area contributed by atoms with Crippen LogP contribution >= 0.6 is 11.5 Å². The number of nitrogen functional groups attached to an aromatic ring is 1. The molecule has 5 aromatic rings. The number of pyridine rings is 3. The maximum Gasteiger partial charge on any atom is 0.134 e. The molecular weight excluding hydrogens is 354 g/mol. The van der Waals surface area contributed by atoms with Crippen LogP contribution in [0.3, 0.4) is 0 Å². The van der Waals surface area contributed by atoms with Gasteiger partial charge in [-0.05, 0) is 54.4 Å². The number of aromatic nitrogens is 4. The van der Waals surface area contributed by atoms with E-state index in [2.05, 4.69) is 45.5 Å². The fourth-order valence-electron chi connectivity index (χ4n) is 3.31. The number of aryl methyl sites for hydroxylation is 1. The van der Waals surface area contributed by atoms with E-state index < -0.39 is 0 Å². The predicted molar refractivity (Wildman–Crippen MR) is 111 cm³/mol. The highest BCUT2D eigenvalue weighted by Gasteiger charge is 2.14. The first-order valence-electron chi connectivity index (χ1n) is 8.54. The van der Waals surface area contributed by atoms with Gasteiger partial charge in [-0.2, -0.15) is 4.37 Å². The Morgan fingerprint density at radius 1 is 0.926 bits per heavy atom. The van der Waals surface area contributed by atoms with Crippen molar-refractivity contribution in [3.8, 4) is 22.6 Å². The molecule has 0 saturated heterocycles. The molecule has 0 unspecified atom stereocenters. The highest BCUT2D eigenvalue weighted by molar-refractivity contribution is 7.13. The second-order valence-electron chi connectivity index (χ2n) is 6.37. The van der Waals surface area contributed by atoms with Gasteiger partial charge in [-0.1, -0.05) is 18.2 Å². The molecule has 0 radical (unpaired) electrons. The first kappa shape index (κ1) is 15.8. The van der Waals surface area contributed by atoms with Crippen LogP contribution < -0.4 is 5.73 Å². The Balaban J connectivity index is 1.73. The normalized spacial score (nSPS) is 11.3. The number of fused-ring (bicyclic) bond motifs is 2. The van der Waals surface area contributed by atoms with Crippen LogP contribution in [-0.4, -0.2) is 19.3 Å². The number of rotatable bonds is 2. The maximum absolute atomic E-state index is 6.11. The van der Waals surface area contributed by atoms with Crippen LogP contribution in [-0.2, 0) is 0 Å². The van der Waals surface area contributed by atoms with Crippen molar-refractivity contribution < 1.29 is 0 Å². The fraction of sp³-hybridized carbons (Fsp3) is 0.0476. The van der Waals surface area contributed by atoms with E-state index in [1.54, 1.807) is 12.4 Å². The number of nitrogens with zero attached hydrogens (tertiary/aromatic N) is 4. The molecule has 0 amide bonds. The van der Waals surface area contributed by atoms with Crippen molar-refractivity contribution in [3.63, 3.8) is 0 Å². The van der Waals surface area contributed by atoms with Crippen LogP contribution in [0.2, 0.25) is 0 Å². The quantitative estimate of drug-likeness (QED) is 0.481. The van der Waals surface area contributed by atoms with Crippen LogP contribution in [0.1, 0.15) is 5.56 Å². The van der Waals surface area contributed by atoms with Crippen LogP contribution in [0, 0.1) is 6.92 Å². The summed E-state index contributed by atoms with van der Waals surface area (Å²) in [4.78, 5) is 13.5. The van der Waals surface area contributed by atoms with Crippen molar-refractivity contribution in [3.05, 3.63) is 66.5 Å². The topological polar surface area (TPSA) is 77.6 Å². The third-order valence-electron chi connectivity index (χ3n) is 4.63. The Morgan fingerprint density at radius 3 is 2.70 bits per heavy atom. The van der Waals surface area contributed by atoms with Crippen molar-refractivity contribution >= 4 is 38.3 Å². The summed E-state index contributed by atoms with van der Waals surface area (Å²) in [5.74, 6) is 0.503. The second kappa shape index (κ2) is 6.10. The number of anilines is 1. The molecule has 5 rings (SSSR count). The number of nitrogens with two attached hydrogens (primary N) is 1. The van der Waals surface area contributed by atoms with E-state index in [1.165, 1.54) is 11.5 Å². The molecule has 0 fully saturated rings. The van der Waals surface area contributed by atoms with Gasteiger partial charge in [0.1, 0.15) is 5.82 Å². The zero-order valence-electron chi connectivity index (χ0n) is 14.5. The lowest BCUT2D eigenvalue weighted by Crippen LogP contribution is -1.93. The molecule has 6 heteroatoms. The molecule has 130 valence electrons. The third-order valence-corrected chi connectivity index (χ3v) is 5.44. The number of benzene rings is 1. The lowest BCUT2D eigenvalue weighted by Gasteiger charge is -2.08. The van der Waals surface area contributed by atoms with E-state index >= 15 is 0 Å². The molecule has 5 nitrogen and oxygen atoms in total. The van der Waals surface area contributed by atoms with E-state index in [4.69, 9.17) is 10.7 Å². The zero-order valence-corrected chi connectivity index (χ0v) is 15.4. The summed E-state index contributed by atoms with van der Waals surface area (Å²) in [5, 5.41) is 2.02. The molecule has 1 aromatic carbocycles. The van der Waals surface area contributed by atoms with Crippen molar-refractivity contribution in [2.75, 3.05) is 5.73 Å². The molecule has 0 aliphatic heterocycles. The summed E-state index contributed by atoms with van der Waals surface area (Å²) in [6.45, 7) is 2.09. The molecule has 0 spiro atoms. The van der Waals surface area contributed by atoms with Crippen LogP contribution in [0.15, 0.2) is 60.9 Å². The third kappa shape index (κ3) is 2.62. The van der Waals surface area contributed by atoms with Gasteiger partial charge in [0.25, 0.3) is 0 Å². The molecule has 4 aromatic heterocycles. The smallest absolute Gasteiger partial charge is 0.134 e.